The van der Waals surface area contributed by atoms with Crippen LogP contribution in [-0.4, -0.2) is 36.0 Å². The first-order valence-corrected chi connectivity index (χ1v) is 8.70. The Hall–Kier alpha value is -2.41. The molecule has 142 valence electrons. The third kappa shape index (κ3) is 4.86. The van der Waals surface area contributed by atoms with Crippen molar-refractivity contribution in [1.29, 1.82) is 0 Å². The Morgan fingerprint density at radius 1 is 1.22 bits per heavy atom. The van der Waals surface area contributed by atoms with E-state index >= 15 is 0 Å². The normalized spacial score (nSPS) is 10.3. The SMILES string of the molecule is CN(CCCN)c1ccnc2c(NC(=O)c3cc(Cl)ccn3)cccc12.Cl. The largest absolute Gasteiger partial charge is 0.374 e. The maximum atomic E-state index is 12.5. The highest BCUT2D eigenvalue weighted by Gasteiger charge is 2.13. The number of fused-ring (bicyclic) bond motifs is 1. The summed E-state index contributed by atoms with van der Waals surface area (Å²) in [4.78, 5) is 23.1. The van der Waals surface area contributed by atoms with Crippen molar-refractivity contribution in [2.24, 2.45) is 5.73 Å². The smallest absolute Gasteiger partial charge is 0.274 e. The molecule has 27 heavy (non-hydrogen) atoms. The van der Waals surface area contributed by atoms with E-state index in [1.165, 1.54) is 12.3 Å². The van der Waals surface area contributed by atoms with Gasteiger partial charge in [0.2, 0.25) is 0 Å². The topological polar surface area (TPSA) is 84.1 Å². The van der Waals surface area contributed by atoms with Gasteiger partial charge in [0.25, 0.3) is 5.91 Å². The molecule has 1 amide bonds. The van der Waals surface area contributed by atoms with Crippen LogP contribution >= 0.6 is 24.0 Å². The lowest BCUT2D eigenvalue weighted by atomic mass is 10.1. The first-order chi connectivity index (χ1) is 12.6. The number of nitrogens with two attached hydrogens (primary N) is 1. The van der Waals surface area contributed by atoms with E-state index < -0.39 is 0 Å². The summed E-state index contributed by atoms with van der Waals surface area (Å²) in [6, 6.07) is 10.8. The number of anilines is 2. The van der Waals surface area contributed by atoms with Crippen molar-refractivity contribution in [1.82, 2.24) is 9.97 Å². The molecule has 3 aromatic rings. The number of hydrogen-bond donors (Lipinski definition) is 2. The van der Waals surface area contributed by atoms with E-state index in [1.807, 2.05) is 31.3 Å². The lowest BCUT2D eigenvalue weighted by Gasteiger charge is -2.21. The van der Waals surface area contributed by atoms with Gasteiger partial charge in [0.15, 0.2) is 0 Å². The fraction of sp³-hybridized carbons (Fsp3) is 0.211. The predicted molar refractivity (Wildman–Crippen MR) is 113 cm³/mol. The molecule has 0 saturated carbocycles. The Labute approximate surface area is 169 Å². The summed E-state index contributed by atoms with van der Waals surface area (Å²) in [6.07, 6.45) is 4.14. The Morgan fingerprint density at radius 3 is 2.74 bits per heavy atom. The molecule has 2 heterocycles. The molecule has 8 heteroatoms. The van der Waals surface area contributed by atoms with Gasteiger partial charge in [-0.3, -0.25) is 14.8 Å². The molecule has 0 spiro atoms. The summed E-state index contributed by atoms with van der Waals surface area (Å²) in [5.74, 6) is -0.330. The molecule has 3 rings (SSSR count). The van der Waals surface area contributed by atoms with Gasteiger partial charge in [-0.2, -0.15) is 0 Å². The summed E-state index contributed by atoms with van der Waals surface area (Å²) in [5.41, 5.74) is 8.26. The number of pyridine rings is 2. The maximum absolute atomic E-state index is 12.5. The monoisotopic (exact) mass is 405 g/mol. The highest BCUT2D eigenvalue weighted by Crippen LogP contribution is 2.29. The van der Waals surface area contributed by atoms with Crippen molar-refractivity contribution in [3.8, 4) is 0 Å². The van der Waals surface area contributed by atoms with Crippen LogP contribution in [0.4, 0.5) is 11.4 Å². The van der Waals surface area contributed by atoms with Crippen molar-refractivity contribution in [3.63, 3.8) is 0 Å². The minimum atomic E-state index is -0.330. The van der Waals surface area contributed by atoms with Gasteiger partial charge in [0, 0.05) is 42.1 Å². The summed E-state index contributed by atoms with van der Waals surface area (Å²) >= 11 is 5.94. The molecule has 1 aromatic carbocycles. The number of amides is 1. The zero-order valence-electron chi connectivity index (χ0n) is 14.9. The first-order valence-electron chi connectivity index (χ1n) is 8.32. The van der Waals surface area contributed by atoms with E-state index in [1.54, 1.807) is 12.3 Å². The molecule has 0 aliphatic rings. The summed E-state index contributed by atoms with van der Waals surface area (Å²) in [5, 5.41) is 4.30. The molecule has 3 N–H and O–H groups in total. The Kier molecular flexibility index (Phi) is 7.36. The van der Waals surface area contributed by atoms with Crippen LogP contribution in [-0.2, 0) is 0 Å². The van der Waals surface area contributed by atoms with Crippen LogP contribution in [0.1, 0.15) is 16.9 Å². The maximum Gasteiger partial charge on any atom is 0.274 e. The van der Waals surface area contributed by atoms with E-state index in [-0.39, 0.29) is 24.0 Å². The summed E-state index contributed by atoms with van der Waals surface area (Å²) in [6.45, 7) is 1.49. The van der Waals surface area contributed by atoms with Gasteiger partial charge in [-0.1, -0.05) is 23.7 Å². The Morgan fingerprint density at radius 2 is 2.00 bits per heavy atom. The number of halogens is 2. The van der Waals surface area contributed by atoms with Crippen molar-refractivity contribution in [2.45, 2.75) is 6.42 Å². The second-order valence-corrected chi connectivity index (χ2v) is 6.35. The quantitative estimate of drug-likeness (QED) is 0.652. The minimum absolute atomic E-state index is 0. The van der Waals surface area contributed by atoms with Gasteiger partial charge >= 0.3 is 0 Å². The van der Waals surface area contributed by atoms with Crippen molar-refractivity contribution in [3.05, 3.63) is 59.5 Å². The number of carbonyl (C=O) groups is 1. The number of carbonyl (C=O) groups excluding carboxylic acids is 1. The number of aromatic nitrogens is 2. The van der Waals surface area contributed by atoms with Gasteiger partial charge in [-0.15, -0.1) is 12.4 Å². The van der Waals surface area contributed by atoms with Gasteiger partial charge in [0.1, 0.15) is 5.69 Å². The molecule has 0 bridgehead atoms. The van der Waals surface area contributed by atoms with Gasteiger partial charge < -0.3 is 16.0 Å². The highest BCUT2D eigenvalue weighted by molar-refractivity contribution is 6.31. The van der Waals surface area contributed by atoms with E-state index in [2.05, 4.69) is 20.2 Å². The standard InChI is InChI=1S/C19H20ClN5O.ClH/c1-25(11-3-8-21)17-7-10-23-18-14(17)4-2-5-15(18)24-19(26)16-12-13(20)6-9-22-16;/h2,4-7,9-10,12H,3,8,11,21H2,1H3,(H,24,26);1H. The average Bonchev–Trinajstić information content (AvgIpc) is 2.66. The number of hydrogen-bond acceptors (Lipinski definition) is 5. The average molecular weight is 406 g/mol. The number of nitrogens with one attached hydrogen (secondary N) is 1. The van der Waals surface area contributed by atoms with Crippen molar-refractivity contribution >= 4 is 52.2 Å². The predicted octanol–water partition coefficient (Wildman–Crippen LogP) is 3.74. The van der Waals surface area contributed by atoms with Crippen LogP contribution in [0, 0.1) is 0 Å². The molecule has 0 atom stereocenters. The third-order valence-corrected chi connectivity index (χ3v) is 4.29. The Bertz CT molecular complexity index is 935. The molecule has 0 fully saturated rings. The molecular formula is C19H21Cl2N5O. The van der Waals surface area contributed by atoms with Crippen LogP contribution in [0.2, 0.25) is 5.02 Å². The van der Waals surface area contributed by atoms with Crippen molar-refractivity contribution < 1.29 is 4.79 Å². The van der Waals surface area contributed by atoms with Crippen LogP contribution in [0.25, 0.3) is 10.9 Å². The molecule has 6 nitrogen and oxygen atoms in total. The van der Waals surface area contributed by atoms with E-state index in [9.17, 15) is 4.79 Å². The second kappa shape index (κ2) is 9.50. The molecule has 0 radical (unpaired) electrons. The third-order valence-electron chi connectivity index (χ3n) is 4.06. The fourth-order valence-electron chi connectivity index (χ4n) is 2.76. The number of para-hydroxylation sites is 1. The van der Waals surface area contributed by atoms with Crippen LogP contribution < -0.4 is 16.0 Å². The highest BCUT2D eigenvalue weighted by atomic mass is 35.5. The van der Waals surface area contributed by atoms with Crippen LogP contribution in [0.5, 0.6) is 0 Å². The fourth-order valence-corrected chi connectivity index (χ4v) is 2.92. The van der Waals surface area contributed by atoms with E-state index in [0.29, 0.717) is 17.3 Å². The number of nitrogens with zero attached hydrogens (tertiary/aromatic N) is 3. The van der Waals surface area contributed by atoms with Gasteiger partial charge in [-0.25, -0.2) is 0 Å². The van der Waals surface area contributed by atoms with Crippen LogP contribution in [0.3, 0.4) is 0 Å². The molecule has 0 aliphatic heterocycles. The Balaban J connectivity index is 0.00000261. The van der Waals surface area contributed by atoms with Gasteiger partial charge in [0.05, 0.1) is 11.2 Å². The van der Waals surface area contributed by atoms with E-state index in [4.69, 9.17) is 17.3 Å². The summed E-state index contributed by atoms with van der Waals surface area (Å²) < 4.78 is 0. The number of rotatable bonds is 6. The molecule has 0 aliphatic carbocycles. The molecule has 0 unspecified atom stereocenters. The molecule has 0 saturated heterocycles. The first kappa shape index (κ1) is 20.9. The second-order valence-electron chi connectivity index (χ2n) is 5.91. The molecule has 2 aromatic heterocycles. The van der Waals surface area contributed by atoms with Crippen LogP contribution in [0.15, 0.2) is 48.8 Å². The lowest BCUT2D eigenvalue weighted by molar-refractivity contribution is 0.102. The van der Waals surface area contributed by atoms with E-state index in [0.717, 1.165) is 29.6 Å². The lowest BCUT2D eigenvalue weighted by Crippen LogP contribution is -2.21. The summed E-state index contributed by atoms with van der Waals surface area (Å²) in [7, 11) is 2.02. The zero-order chi connectivity index (χ0) is 18.5. The van der Waals surface area contributed by atoms with Gasteiger partial charge in [-0.05, 0) is 37.2 Å². The number of benzene rings is 1. The minimum Gasteiger partial charge on any atom is -0.374 e. The van der Waals surface area contributed by atoms with Crippen molar-refractivity contribution in [2.75, 3.05) is 30.4 Å². The zero-order valence-corrected chi connectivity index (χ0v) is 16.4. The molecular weight excluding hydrogens is 385 g/mol.